The average Bonchev–Trinajstić information content (AvgIpc) is 2.79. The number of nitrogens with one attached hydrogen (secondary N) is 1. The number of aliphatic hydroxyl groups is 2. The molecule has 192 valence electrons. The van der Waals surface area contributed by atoms with Crippen molar-refractivity contribution in [2.75, 3.05) is 59.1 Å². The van der Waals surface area contributed by atoms with Crippen LogP contribution in [0.2, 0.25) is 0 Å². The van der Waals surface area contributed by atoms with Gasteiger partial charge in [0.25, 0.3) is 0 Å². The quantitative estimate of drug-likeness (QED) is 0.539. The van der Waals surface area contributed by atoms with E-state index in [0.717, 1.165) is 38.6 Å². The number of hydrogen-bond donors (Lipinski definition) is 3. The SMILES string of the molecule is CC(=O)N1CCN(C(=O)[C@@H]2CCCNC2)CCCCOC[C@@H](O)[C@@H](O)[C@H](OCCC(C)C)C1. The Morgan fingerprint density at radius 2 is 1.88 bits per heavy atom. The predicted octanol–water partition coefficient (Wildman–Crippen LogP) is 0.627. The van der Waals surface area contributed by atoms with Crippen molar-refractivity contribution in [2.24, 2.45) is 11.8 Å². The fourth-order valence-electron chi connectivity index (χ4n) is 4.26. The molecule has 0 spiro atoms. The van der Waals surface area contributed by atoms with Crippen molar-refractivity contribution in [3.63, 3.8) is 0 Å². The normalized spacial score (nSPS) is 29.0. The summed E-state index contributed by atoms with van der Waals surface area (Å²) in [5.41, 5.74) is 0. The van der Waals surface area contributed by atoms with E-state index < -0.39 is 18.3 Å². The minimum Gasteiger partial charge on any atom is -0.388 e. The van der Waals surface area contributed by atoms with Crippen LogP contribution in [0.5, 0.6) is 0 Å². The molecule has 0 unspecified atom stereocenters. The Bertz CT molecular complexity index is 585. The van der Waals surface area contributed by atoms with E-state index in [1.807, 2.05) is 4.90 Å². The number of piperidine rings is 1. The van der Waals surface area contributed by atoms with Gasteiger partial charge in [0.1, 0.15) is 18.3 Å². The number of ether oxygens (including phenoxy) is 2. The first-order valence-corrected chi connectivity index (χ1v) is 12.6. The number of rotatable bonds is 5. The fraction of sp³-hybridized carbons (Fsp3) is 0.917. The number of nitrogens with zero attached hydrogens (tertiary/aromatic N) is 2. The van der Waals surface area contributed by atoms with Gasteiger partial charge in [-0.2, -0.15) is 0 Å². The number of hydrogen-bond acceptors (Lipinski definition) is 7. The second-order valence-electron chi connectivity index (χ2n) is 9.77. The van der Waals surface area contributed by atoms with Crippen molar-refractivity contribution in [2.45, 2.75) is 71.2 Å². The molecule has 2 aliphatic rings. The molecule has 9 nitrogen and oxygen atoms in total. The van der Waals surface area contributed by atoms with Crippen LogP contribution in [0.1, 0.15) is 52.9 Å². The zero-order valence-corrected chi connectivity index (χ0v) is 20.7. The third-order valence-corrected chi connectivity index (χ3v) is 6.50. The first kappa shape index (κ1) is 28.0. The number of carbonyl (C=O) groups excluding carboxylic acids is 2. The fourth-order valence-corrected chi connectivity index (χ4v) is 4.26. The smallest absolute Gasteiger partial charge is 0.227 e. The highest BCUT2D eigenvalue weighted by Crippen LogP contribution is 2.16. The molecule has 2 rings (SSSR count). The third kappa shape index (κ3) is 9.86. The van der Waals surface area contributed by atoms with E-state index in [9.17, 15) is 19.8 Å². The first-order chi connectivity index (χ1) is 15.8. The van der Waals surface area contributed by atoms with E-state index in [2.05, 4.69) is 19.2 Å². The van der Waals surface area contributed by atoms with Crippen molar-refractivity contribution >= 4 is 11.8 Å². The van der Waals surface area contributed by atoms with Gasteiger partial charge < -0.3 is 34.8 Å². The minimum atomic E-state index is -1.17. The van der Waals surface area contributed by atoms with Gasteiger partial charge in [0.2, 0.25) is 11.8 Å². The van der Waals surface area contributed by atoms with Gasteiger partial charge in [0.05, 0.1) is 12.5 Å². The molecule has 2 fully saturated rings. The van der Waals surface area contributed by atoms with E-state index in [1.165, 1.54) is 6.92 Å². The van der Waals surface area contributed by atoms with E-state index >= 15 is 0 Å². The molecule has 3 N–H and O–H groups in total. The molecular formula is C24H45N3O6. The Kier molecular flexibility index (Phi) is 12.6. The van der Waals surface area contributed by atoms with Crippen molar-refractivity contribution in [1.29, 1.82) is 0 Å². The largest absolute Gasteiger partial charge is 0.388 e. The maximum atomic E-state index is 13.2. The van der Waals surface area contributed by atoms with Crippen LogP contribution in [0.25, 0.3) is 0 Å². The highest BCUT2D eigenvalue weighted by atomic mass is 16.5. The van der Waals surface area contributed by atoms with Gasteiger partial charge in [-0.1, -0.05) is 13.8 Å². The Balaban J connectivity index is 2.12. The van der Waals surface area contributed by atoms with Gasteiger partial charge in [-0.15, -0.1) is 0 Å². The molecule has 2 saturated heterocycles. The summed E-state index contributed by atoms with van der Waals surface area (Å²) >= 11 is 0. The summed E-state index contributed by atoms with van der Waals surface area (Å²) in [6.07, 6.45) is 1.22. The first-order valence-electron chi connectivity index (χ1n) is 12.6. The van der Waals surface area contributed by atoms with Crippen LogP contribution in [-0.4, -0.2) is 109 Å². The third-order valence-electron chi connectivity index (χ3n) is 6.50. The molecular weight excluding hydrogens is 426 g/mol. The lowest BCUT2D eigenvalue weighted by molar-refractivity contribution is -0.143. The van der Waals surface area contributed by atoms with Gasteiger partial charge in [0.15, 0.2) is 0 Å². The van der Waals surface area contributed by atoms with Crippen molar-refractivity contribution in [3.8, 4) is 0 Å². The van der Waals surface area contributed by atoms with E-state index in [0.29, 0.717) is 45.3 Å². The van der Waals surface area contributed by atoms with Crippen molar-refractivity contribution < 1.29 is 29.3 Å². The summed E-state index contributed by atoms with van der Waals surface area (Å²) in [5.74, 6) is 0.401. The van der Waals surface area contributed by atoms with Crippen LogP contribution in [0.15, 0.2) is 0 Å². The van der Waals surface area contributed by atoms with Crippen LogP contribution in [0.4, 0.5) is 0 Å². The maximum Gasteiger partial charge on any atom is 0.227 e. The molecule has 2 amide bonds. The van der Waals surface area contributed by atoms with Crippen LogP contribution in [0.3, 0.4) is 0 Å². The maximum absolute atomic E-state index is 13.2. The summed E-state index contributed by atoms with van der Waals surface area (Å²) in [7, 11) is 0. The van der Waals surface area contributed by atoms with Gasteiger partial charge in [-0.25, -0.2) is 0 Å². The Hall–Kier alpha value is -1.26. The molecule has 0 aromatic heterocycles. The Labute approximate surface area is 198 Å². The highest BCUT2D eigenvalue weighted by molar-refractivity contribution is 5.79. The standard InChI is InChI=1S/C24H45N3O6/c1-18(2)8-14-33-22-16-27(19(3)28)12-11-26(24(31)20-7-6-9-25-15-20)10-4-5-13-32-17-21(29)23(22)30/h18,20-23,25,29-30H,4-17H2,1-3H3/t20-,21-,22-,23-/m1/s1. The van der Waals surface area contributed by atoms with Crippen LogP contribution >= 0.6 is 0 Å². The predicted molar refractivity (Wildman–Crippen MR) is 126 cm³/mol. The van der Waals surface area contributed by atoms with Crippen molar-refractivity contribution in [1.82, 2.24) is 15.1 Å². The lowest BCUT2D eigenvalue weighted by Crippen LogP contribution is -2.51. The van der Waals surface area contributed by atoms with Gasteiger partial charge in [-0.05, 0) is 44.6 Å². The van der Waals surface area contributed by atoms with E-state index in [4.69, 9.17) is 9.47 Å². The molecule has 4 atom stereocenters. The van der Waals surface area contributed by atoms with Gasteiger partial charge in [-0.3, -0.25) is 9.59 Å². The molecule has 0 radical (unpaired) electrons. The molecule has 2 aliphatic heterocycles. The van der Waals surface area contributed by atoms with Crippen LogP contribution in [0, 0.1) is 11.8 Å². The second-order valence-corrected chi connectivity index (χ2v) is 9.77. The zero-order chi connectivity index (χ0) is 24.2. The molecule has 2 heterocycles. The summed E-state index contributed by atoms with van der Waals surface area (Å²) in [5, 5.41) is 24.5. The molecule has 9 heteroatoms. The summed E-state index contributed by atoms with van der Waals surface area (Å²) < 4.78 is 11.5. The molecule has 33 heavy (non-hydrogen) atoms. The Morgan fingerprint density at radius 3 is 2.55 bits per heavy atom. The monoisotopic (exact) mass is 471 g/mol. The molecule has 0 aromatic rings. The van der Waals surface area contributed by atoms with Gasteiger partial charge >= 0.3 is 0 Å². The minimum absolute atomic E-state index is 0.00165. The molecule has 0 saturated carbocycles. The molecule has 0 aliphatic carbocycles. The van der Waals surface area contributed by atoms with E-state index in [1.54, 1.807) is 4.90 Å². The lowest BCUT2D eigenvalue weighted by atomic mass is 9.98. The van der Waals surface area contributed by atoms with Crippen molar-refractivity contribution in [3.05, 3.63) is 0 Å². The average molecular weight is 472 g/mol. The highest BCUT2D eigenvalue weighted by Gasteiger charge is 2.31. The molecule has 0 aromatic carbocycles. The topological polar surface area (TPSA) is 112 Å². The summed E-state index contributed by atoms with van der Waals surface area (Å²) in [6, 6.07) is 0. The van der Waals surface area contributed by atoms with Gasteiger partial charge in [0, 0.05) is 52.9 Å². The number of amides is 2. The number of aliphatic hydroxyl groups excluding tert-OH is 2. The van der Waals surface area contributed by atoms with Crippen LogP contribution in [-0.2, 0) is 19.1 Å². The summed E-state index contributed by atoms with van der Waals surface area (Å²) in [6.45, 7) is 9.76. The second kappa shape index (κ2) is 14.9. The summed E-state index contributed by atoms with van der Waals surface area (Å²) in [4.78, 5) is 29.1. The Morgan fingerprint density at radius 1 is 1.12 bits per heavy atom. The van der Waals surface area contributed by atoms with E-state index in [-0.39, 0.29) is 30.9 Å². The van der Waals surface area contributed by atoms with Crippen LogP contribution < -0.4 is 5.32 Å². The molecule has 0 bridgehead atoms. The lowest BCUT2D eigenvalue weighted by Gasteiger charge is -2.35. The zero-order valence-electron chi connectivity index (χ0n) is 20.7. The number of carbonyl (C=O) groups is 2.